The fourth-order valence-corrected chi connectivity index (χ4v) is 2.94. The standard InChI is InChI=1S/C15H16N2S/c1-18-12-6-7-15(13(16)10-12)17-9-8-11-4-2-3-5-14(11)17/h2-7,10H,8-9,16H2,1H3. The predicted molar refractivity (Wildman–Crippen MR) is 79.8 cm³/mol. The van der Waals surface area contributed by atoms with E-state index in [1.54, 1.807) is 11.8 Å². The van der Waals surface area contributed by atoms with E-state index < -0.39 is 0 Å². The van der Waals surface area contributed by atoms with Crippen molar-refractivity contribution in [3.8, 4) is 0 Å². The molecule has 0 saturated heterocycles. The van der Waals surface area contributed by atoms with Crippen LogP contribution < -0.4 is 10.6 Å². The lowest BCUT2D eigenvalue weighted by Crippen LogP contribution is -2.14. The van der Waals surface area contributed by atoms with E-state index in [4.69, 9.17) is 5.73 Å². The molecule has 0 amide bonds. The summed E-state index contributed by atoms with van der Waals surface area (Å²) in [6.07, 6.45) is 3.17. The lowest BCUT2D eigenvalue weighted by atomic mass is 10.2. The number of benzene rings is 2. The van der Waals surface area contributed by atoms with Crippen LogP contribution in [0.1, 0.15) is 5.56 Å². The van der Waals surface area contributed by atoms with Crippen LogP contribution in [0.3, 0.4) is 0 Å². The summed E-state index contributed by atoms with van der Waals surface area (Å²) >= 11 is 1.72. The lowest BCUT2D eigenvalue weighted by molar-refractivity contribution is 0.998. The van der Waals surface area contributed by atoms with E-state index in [2.05, 4.69) is 53.6 Å². The first-order valence-corrected chi connectivity index (χ1v) is 7.31. The molecular weight excluding hydrogens is 240 g/mol. The van der Waals surface area contributed by atoms with Gasteiger partial charge in [-0.2, -0.15) is 0 Å². The molecule has 0 bridgehead atoms. The van der Waals surface area contributed by atoms with Crippen molar-refractivity contribution in [1.29, 1.82) is 0 Å². The Kier molecular flexibility index (Phi) is 2.92. The molecular formula is C15H16N2S. The first-order valence-electron chi connectivity index (χ1n) is 6.08. The Balaban J connectivity index is 2.02. The number of hydrogen-bond acceptors (Lipinski definition) is 3. The van der Waals surface area contributed by atoms with Gasteiger partial charge in [0.2, 0.25) is 0 Å². The minimum absolute atomic E-state index is 0.860. The molecule has 3 heteroatoms. The van der Waals surface area contributed by atoms with Gasteiger partial charge in [-0.15, -0.1) is 11.8 Å². The third kappa shape index (κ3) is 1.85. The van der Waals surface area contributed by atoms with E-state index in [1.165, 1.54) is 16.1 Å². The van der Waals surface area contributed by atoms with Crippen molar-refractivity contribution in [3.05, 3.63) is 48.0 Å². The molecule has 0 fully saturated rings. The van der Waals surface area contributed by atoms with Crippen LogP contribution in [0.25, 0.3) is 0 Å². The summed E-state index contributed by atoms with van der Waals surface area (Å²) < 4.78 is 0. The number of rotatable bonds is 2. The smallest absolute Gasteiger partial charge is 0.0645 e. The Bertz CT molecular complexity index is 580. The van der Waals surface area contributed by atoms with Crippen molar-refractivity contribution >= 4 is 28.8 Å². The minimum atomic E-state index is 0.860. The lowest BCUT2D eigenvalue weighted by Gasteiger charge is -2.21. The number of nitrogen functional groups attached to an aromatic ring is 1. The number of nitrogens with two attached hydrogens (primary N) is 1. The van der Waals surface area contributed by atoms with Gasteiger partial charge >= 0.3 is 0 Å². The van der Waals surface area contributed by atoms with Crippen molar-refractivity contribution < 1.29 is 0 Å². The molecule has 1 heterocycles. The van der Waals surface area contributed by atoms with Crippen LogP contribution >= 0.6 is 11.8 Å². The van der Waals surface area contributed by atoms with Crippen LogP contribution in [0, 0.1) is 0 Å². The molecule has 1 aliphatic rings. The van der Waals surface area contributed by atoms with Crippen LogP contribution in [0.2, 0.25) is 0 Å². The molecule has 2 N–H and O–H groups in total. The molecule has 2 aromatic carbocycles. The third-order valence-electron chi connectivity index (χ3n) is 3.41. The Morgan fingerprint density at radius 2 is 1.94 bits per heavy atom. The highest BCUT2D eigenvalue weighted by atomic mass is 32.2. The Labute approximate surface area is 112 Å². The third-order valence-corrected chi connectivity index (χ3v) is 4.14. The minimum Gasteiger partial charge on any atom is -0.397 e. The maximum absolute atomic E-state index is 6.18. The van der Waals surface area contributed by atoms with Gasteiger partial charge in [-0.3, -0.25) is 0 Å². The number of nitrogens with zero attached hydrogens (tertiary/aromatic N) is 1. The molecule has 2 nitrogen and oxygen atoms in total. The van der Waals surface area contributed by atoms with E-state index in [0.29, 0.717) is 0 Å². The van der Waals surface area contributed by atoms with Gasteiger partial charge in [0.05, 0.1) is 11.4 Å². The molecule has 3 rings (SSSR count). The summed E-state index contributed by atoms with van der Waals surface area (Å²) in [6, 6.07) is 14.9. The Morgan fingerprint density at radius 3 is 2.72 bits per heavy atom. The van der Waals surface area contributed by atoms with Gasteiger partial charge < -0.3 is 10.6 Å². The van der Waals surface area contributed by atoms with Gasteiger partial charge in [-0.05, 0) is 42.5 Å². The quantitative estimate of drug-likeness (QED) is 0.656. The van der Waals surface area contributed by atoms with Crippen molar-refractivity contribution in [2.45, 2.75) is 11.3 Å². The van der Waals surface area contributed by atoms with Crippen LogP contribution in [-0.4, -0.2) is 12.8 Å². The number of hydrogen-bond donors (Lipinski definition) is 1. The summed E-state index contributed by atoms with van der Waals surface area (Å²) in [5.41, 5.74) is 10.9. The Morgan fingerprint density at radius 1 is 1.11 bits per heavy atom. The van der Waals surface area contributed by atoms with E-state index in [-0.39, 0.29) is 0 Å². The first-order chi connectivity index (χ1) is 8.79. The molecule has 18 heavy (non-hydrogen) atoms. The summed E-state index contributed by atoms with van der Waals surface area (Å²) in [5, 5.41) is 0. The molecule has 0 aromatic heterocycles. The molecule has 0 atom stereocenters. The number of thioether (sulfide) groups is 1. The molecule has 0 aliphatic carbocycles. The molecule has 1 aliphatic heterocycles. The number of para-hydroxylation sites is 1. The zero-order valence-corrected chi connectivity index (χ0v) is 11.2. The van der Waals surface area contributed by atoms with Crippen molar-refractivity contribution in [2.24, 2.45) is 0 Å². The molecule has 92 valence electrons. The van der Waals surface area contributed by atoms with Crippen molar-refractivity contribution in [2.75, 3.05) is 23.4 Å². The summed E-state index contributed by atoms with van der Waals surface area (Å²) in [7, 11) is 0. The average Bonchev–Trinajstić information content (AvgIpc) is 2.82. The van der Waals surface area contributed by atoms with Gasteiger partial charge in [0.1, 0.15) is 0 Å². The fourth-order valence-electron chi connectivity index (χ4n) is 2.49. The largest absolute Gasteiger partial charge is 0.397 e. The van der Waals surface area contributed by atoms with E-state index in [1.807, 2.05) is 0 Å². The van der Waals surface area contributed by atoms with Crippen LogP contribution in [-0.2, 0) is 6.42 Å². The fraction of sp³-hybridized carbons (Fsp3) is 0.200. The van der Waals surface area contributed by atoms with Gasteiger partial charge in [-0.1, -0.05) is 18.2 Å². The maximum atomic E-state index is 6.18. The number of anilines is 3. The number of fused-ring (bicyclic) bond motifs is 1. The summed E-state index contributed by atoms with van der Waals surface area (Å²) in [4.78, 5) is 3.53. The highest BCUT2D eigenvalue weighted by molar-refractivity contribution is 7.98. The highest BCUT2D eigenvalue weighted by Crippen LogP contribution is 2.38. The van der Waals surface area contributed by atoms with Gasteiger partial charge in [0.15, 0.2) is 0 Å². The van der Waals surface area contributed by atoms with Gasteiger partial charge in [0, 0.05) is 17.1 Å². The monoisotopic (exact) mass is 256 g/mol. The van der Waals surface area contributed by atoms with Crippen LogP contribution in [0.4, 0.5) is 17.1 Å². The zero-order chi connectivity index (χ0) is 12.5. The second kappa shape index (κ2) is 4.58. The second-order valence-electron chi connectivity index (χ2n) is 4.46. The van der Waals surface area contributed by atoms with Crippen molar-refractivity contribution in [3.63, 3.8) is 0 Å². The van der Waals surface area contributed by atoms with Gasteiger partial charge in [-0.25, -0.2) is 0 Å². The predicted octanol–water partition coefficient (Wildman–Crippen LogP) is 3.68. The first kappa shape index (κ1) is 11.5. The average molecular weight is 256 g/mol. The Hall–Kier alpha value is -1.61. The van der Waals surface area contributed by atoms with Crippen molar-refractivity contribution in [1.82, 2.24) is 0 Å². The normalized spacial score (nSPS) is 13.7. The second-order valence-corrected chi connectivity index (χ2v) is 5.33. The van der Waals surface area contributed by atoms with Crippen LogP contribution in [0.5, 0.6) is 0 Å². The summed E-state index contributed by atoms with van der Waals surface area (Å²) in [6.45, 7) is 1.02. The maximum Gasteiger partial charge on any atom is 0.0645 e. The molecule has 0 spiro atoms. The van der Waals surface area contributed by atoms with E-state index >= 15 is 0 Å². The topological polar surface area (TPSA) is 29.3 Å². The zero-order valence-electron chi connectivity index (χ0n) is 10.4. The summed E-state index contributed by atoms with van der Waals surface area (Å²) in [5.74, 6) is 0. The van der Waals surface area contributed by atoms with Crippen LogP contribution in [0.15, 0.2) is 47.4 Å². The molecule has 2 aromatic rings. The SMILES string of the molecule is CSc1ccc(N2CCc3ccccc32)c(N)c1. The molecule has 0 radical (unpaired) electrons. The highest BCUT2D eigenvalue weighted by Gasteiger charge is 2.21. The molecule has 0 saturated carbocycles. The van der Waals surface area contributed by atoms with Gasteiger partial charge in [0.25, 0.3) is 0 Å². The van der Waals surface area contributed by atoms with E-state index in [0.717, 1.165) is 24.3 Å². The van der Waals surface area contributed by atoms with E-state index in [9.17, 15) is 0 Å². The molecule has 0 unspecified atom stereocenters.